The summed E-state index contributed by atoms with van der Waals surface area (Å²) >= 11 is 0. The minimum atomic E-state index is -0.847. The Morgan fingerprint density at radius 1 is 0.846 bits per heavy atom. The van der Waals surface area contributed by atoms with Gasteiger partial charge in [0, 0.05) is 19.3 Å². The fourth-order valence-electron chi connectivity index (χ4n) is 5.04. The second-order valence-electron chi connectivity index (χ2n) is 13.2. The van der Waals surface area contributed by atoms with Gasteiger partial charge in [-0.3, -0.25) is 20.4 Å². The number of hydrogen-bond donors (Lipinski definition) is 6. The Morgan fingerprint density at radius 3 is 1.92 bits per heavy atom. The third kappa shape index (κ3) is 17.3. The maximum atomic E-state index is 12.6. The number of hydrazone groups is 1. The maximum Gasteiger partial charge on any atom is 0.414 e. The third-order valence-electron chi connectivity index (χ3n) is 7.68. The van der Waals surface area contributed by atoms with Gasteiger partial charge in [-0.2, -0.15) is 5.10 Å². The summed E-state index contributed by atoms with van der Waals surface area (Å²) in [7, 11) is 0. The highest BCUT2D eigenvalue weighted by atomic mass is 16.6. The summed E-state index contributed by atoms with van der Waals surface area (Å²) in [5.41, 5.74) is 3.16. The van der Waals surface area contributed by atoms with E-state index in [2.05, 4.69) is 36.8 Å². The number of carboxylic acid groups (broad SMARTS) is 1. The molecule has 3 rings (SSSR count). The smallest absolute Gasteiger partial charge is 0.414 e. The normalized spacial score (nSPS) is 16.1. The van der Waals surface area contributed by atoms with E-state index in [-0.39, 0.29) is 44.0 Å². The molecule has 5 amide bonds. The molecular weight excluding hydrogens is 674 g/mol. The highest BCUT2D eigenvalue weighted by Crippen LogP contribution is 2.28. The summed E-state index contributed by atoms with van der Waals surface area (Å²) in [6.07, 6.45) is 2.16. The molecule has 1 atom stereocenters. The molecule has 1 fully saturated rings. The van der Waals surface area contributed by atoms with Crippen molar-refractivity contribution in [1.29, 1.82) is 0 Å². The first kappa shape index (κ1) is 40.8. The van der Waals surface area contributed by atoms with Crippen LogP contribution in [0.3, 0.4) is 0 Å². The van der Waals surface area contributed by atoms with Crippen molar-refractivity contribution in [3.05, 3.63) is 71.8 Å². The summed E-state index contributed by atoms with van der Waals surface area (Å²) in [6, 6.07) is 16.9. The summed E-state index contributed by atoms with van der Waals surface area (Å²) in [5.74, 6) is -1.14. The van der Waals surface area contributed by atoms with E-state index < -0.39 is 41.9 Å². The first-order chi connectivity index (χ1) is 24.9. The lowest BCUT2D eigenvalue weighted by molar-refractivity contribution is -0.143. The van der Waals surface area contributed by atoms with Gasteiger partial charge in [-0.25, -0.2) is 24.6 Å². The van der Waals surface area contributed by atoms with E-state index in [1.54, 1.807) is 45.0 Å². The van der Waals surface area contributed by atoms with Gasteiger partial charge in [0.15, 0.2) is 0 Å². The van der Waals surface area contributed by atoms with Crippen molar-refractivity contribution in [2.75, 3.05) is 13.1 Å². The third-order valence-corrected chi connectivity index (χ3v) is 7.68. The highest BCUT2D eigenvalue weighted by molar-refractivity contribution is 6.01. The van der Waals surface area contributed by atoms with Crippen molar-refractivity contribution in [3.63, 3.8) is 0 Å². The molecule has 2 aromatic rings. The number of carbonyl (C=O) groups is 5. The number of alkyl carbamates (subject to hydrolysis) is 3. The standard InChI is InChI=1S/C36H49N7O9/c1-36(2,3)52-35(49)40-29(22-39-43-32(46)38-21-25-16-18-28(19-17-25)30(44)45)15-10-20-37-31(41-33(47)50-23-26-11-6-4-7-12-26)42-34(48)51-24-27-13-8-5-9-14-27/h4-9,11-14,22,25,28-29H,10,15-21,23-24H2,1-3H3,(H,40,49)(H,44,45)(H2,38,43,46)(H2,37,41,42,47,48)/b39-22+/t25?,28?,29-/m0/s1. The number of amides is 5. The maximum absolute atomic E-state index is 12.6. The van der Waals surface area contributed by atoms with Crippen molar-refractivity contribution in [1.82, 2.24) is 26.7 Å². The van der Waals surface area contributed by atoms with Crippen molar-refractivity contribution in [2.24, 2.45) is 21.9 Å². The zero-order chi connectivity index (χ0) is 37.8. The number of carbonyl (C=O) groups excluding carboxylic acids is 4. The topological polar surface area (TPSA) is 218 Å². The van der Waals surface area contributed by atoms with Gasteiger partial charge in [-0.1, -0.05) is 60.7 Å². The number of hydrogen-bond acceptors (Lipinski definition) is 10. The molecule has 0 heterocycles. The van der Waals surface area contributed by atoms with Gasteiger partial charge in [0.25, 0.3) is 0 Å². The van der Waals surface area contributed by atoms with Crippen LogP contribution in [0.4, 0.5) is 19.2 Å². The number of ether oxygens (including phenoxy) is 3. The van der Waals surface area contributed by atoms with Crippen molar-refractivity contribution in [3.8, 4) is 0 Å². The monoisotopic (exact) mass is 723 g/mol. The van der Waals surface area contributed by atoms with Gasteiger partial charge in [0.05, 0.1) is 12.0 Å². The Bertz CT molecular complexity index is 1450. The molecule has 16 heteroatoms. The Labute approximate surface area is 303 Å². The summed E-state index contributed by atoms with van der Waals surface area (Å²) in [4.78, 5) is 65.5. The molecular formula is C36H49N7O9. The van der Waals surface area contributed by atoms with Crippen LogP contribution >= 0.6 is 0 Å². The fraction of sp³-hybridized carbons (Fsp3) is 0.472. The summed E-state index contributed by atoms with van der Waals surface area (Å²) in [6.45, 7) is 5.64. The van der Waals surface area contributed by atoms with Gasteiger partial charge in [-0.05, 0) is 76.3 Å². The molecule has 0 unspecified atom stereocenters. The van der Waals surface area contributed by atoms with Gasteiger partial charge in [0.2, 0.25) is 5.96 Å². The van der Waals surface area contributed by atoms with E-state index in [9.17, 15) is 29.1 Å². The Hall–Kier alpha value is -5.67. The molecule has 0 spiro atoms. The number of urea groups is 1. The minimum absolute atomic E-state index is 0.00436. The second kappa shape index (κ2) is 21.5. The van der Waals surface area contributed by atoms with Gasteiger partial charge in [0.1, 0.15) is 18.8 Å². The van der Waals surface area contributed by atoms with E-state index in [1.807, 2.05) is 36.4 Å². The lowest BCUT2D eigenvalue weighted by Crippen LogP contribution is -2.44. The number of rotatable bonds is 14. The molecule has 0 aromatic heterocycles. The number of aliphatic carboxylic acids is 1. The van der Waals surface area contributed by atoms with Crippen LogP contribution in [0.1, 0.15) is 70.4 Å². The van der Waals surface area contributed by atoms with Crippen LogP contribution in [0, 0.1) is 11.8 Å². The molecule has 6 N–H and O–H groups in total. The molecule has 0 saturated heterocycles. The van der Waals surface area contributed by atoms with Crippen molar-refractivity contribution in [2.45, 2.75) is 84.2 Å². The number of nitrogens with zero attached hydrogens (tertiary/aromatic N) is 2. The lowest BCUT2D eigenvalue weighted by Gasteiger charge is -2.26. The van der Waals surface area contributed by atoms with Crippen LogP contribution in [-0.4, -0.2) is 72.3 Å². The zero-order valence-corrected chi connectivity index (χ0v) is 29.8. The average Bonchev–Trinajstić information content (AvgIpc) is 3.10. The van der Waals surface area contributed by atoms with Crippen LogP contribution in [0.15, 0.2) is 70.8 Å². The molecule has 16 nitrogen and oxygen atoms in total. The van der Waals surface area contributed by atoms with Gasteiger partial charge >= 0.3 is 30.3 Å². The first-order valence-corrected chi connectivity index (χ1v) is 17.2. The largest absolute Gasteiger partial charge is 0.481 e. The van der Waals surface area contributed by atoms with E-state index in [0.29, 0.717) is 38.6 Å². The highest BCUT2D eigenvalue weighted by Gasteiger charge is 2.26. The zero-order valence-electron chi connectivity index (χ0n) is 29.8. The molecule has 0 bridgehead atoms. The minimum Gasteiger partial charge on any atom is -0.481 e. The van der Waals surface area contributed by atoms with Crippen molar-refractivity contribution < 1.29 is 43.3 Å². The molecule has 52 heavy (non-hydrogen) atoms. The molecule has 1 aliphatic rings. The summed E-state index contributed by atoms with van der Waals surface area (Å²) < 4.78 is 15.9. The number of guanidine groups is 1. The fourth-order valence-corrected chi connectivity index (χ4v) is 5.04. The van der Waals surface area contributed by atoms with Crippen LogP contribution < -0.4 is 26.7 Å². The molecule has 1 saturated carbocycles. The predicted molar refractivity (Wildman–Crippen MR) is 192 cm³/mol. The summed E-state index contributed by atoms with van der Waals surface area (Å²) in [5, 5.41) is 23.5. The Kier molecular flexibility index (Phi) is 16.9. The molecule has 2 aromatic carbocycles. The first-order valence-electron chi connectivity index (χ1n) is 17.2. The lowest BCUT2D eigenvalue weighted by atomic mass is 9.82. The number of benzene rings is 2. The van der Waals surface area contributed by atoms with E-state index in [1.165, 1.54) is 6.21 Å². The van der Waals surface area contributed by atoms with Crippen LogP contribution in [-0.2, 0) is 32.2 Å². The van der Waals surface area contributed by atoms with Gasteiger partial charge < -0.3 is 30.0 Å². The van der Waals surface area contributed by atoms with E-state index >= 15 is 0 Å². The quantitative estimate of drug-likeness (QED) is 0.0505. The number of carboxylic acids is 1. The predicted octanol–water partition coefficient (Wildman–Crippen LogP) is 5.04. The molecule has 282 valence electrons. The average molecular weight is 724 g/mol. The molecule has 0 aliphatic heterocycles. The second-order valence-corrected chi connectivity index (χ2v) is 13.2. The molecule has 0 radical (unpaired) electrons. The van der Waals surface area contributed by atoms with E-state index in [0.717, 1.165) is 11.1 Å². The number of nitrogens with one attached hydrogen (secondary N) is 5. The van der Waals surface area contributed by atoms with E-state index in [4.69, 9.17) is 14.2 Å². The SMILES string of the molecule is CC(C)(C)OC(=O)N[C@H](/C=N/NC(=O)NCC1CCC(C(=O)O)CC1)CCCN=C(NC(=O)OCc1ccccc1)NC(=O)OCc1ccccc1. The Morgan fingerprint density at radius 2 is 1.40 bits per heavy atom. The van der Waals surface area contributed by atoms with Gasteiger partial charge in [-0.15, -0.1) is 0 Å². The van der Waals surface area contributed by atoms with Crippen LogP contribution in [0.25, 0.3) is 0 Å². The van der Waals surface area contributed by atoms with Crippen LogP contribution in [0.2, 0.25) is 0 Å². The van der Waals surface area contributed by atoms with Crippen molar-refractivity contribution >= 4 is 42.5 Å². The van der Waals surface area contributed by atoms with Crippen LogP contribution in [0.5, 0.6) is 0 Å². The number of aliphatic imine (C=N–C) groups is 1. The molecule has 1 aliphatic carbocycles. The Balaban J connectivity index is 1.56.